The summed E-state index contributed by atoms with van der Waals surface area (Å²) in [5.74, 6) is 0.292. The van der Waals surface area contributed by atoms with Crippen molar-refractivity contribution in [3.05, 3.63) is 46.3 Å². The number of halogens is 2. The van der Waals surface area contributed by atoms with Crippen LogP contribution < -0.4 is 10.2 Å². The van der Waals surface area contributed by atoms with Gasteiger partial charge in [0.05, 0.1) is 22.4 Å². The van der Waals surface area contributed by atoms with Crippen LogP contribution in [0, 0.1) is 0 Å². The highest BCUT2D eigenvalue weighted by Gasteiger charge is 2.17. The second-order valence-electron chi connectivity index (χ2n) is 5.47. The van der Waals surface area contributed by atoms with Crippen LogP contribution in [0.15, 0.2) is 30.6 Å². The predicted molar refractivity (Wildman–Crippen MR) is 96.3 cm³/mol. The molecule has 1 saturated heterocycles. The number of nitrogens with zero attached hydrogens (tertiary/aromatic N) is 4. The number of aromatic nitrogens is 2. The maximum Gasteiger partial charge on any atom is 0.275 e. The molecule has 0 unspecified atom stereocenters. The smallest absolute Gasteiger partial charge is 0.275 e. The number of carbonyl (C=O) groups is 2. The quantitative estimate of drug-likeness (QED) is 0.824. The molecule has 1 aliphatic rings. The Bertz CT molecular complexity index is 777. The summed E-state index contributed by atoms with van der Waals surface area (Å²) in [4.78, 5) is 35.2. The molecule has 7 nitrogen and oxygen atoms in total. The topological polar surface area (TPSA) is 78.4 Å². The third-order valence-electron chi connectivity index (χ3n) is 3.84. The lowest BCUT2D eigenvalue weighted by molar-refractivity contribution is -0.118. The van der Waals surface area contributed by atoms with Crippen LogP contribution in [0.5, 0.6) is 0 Å². The van der Waals surface area contributed by atoms with Gasteiger partial charge in [-0.05, 0) is 18.2 Å². The lowest BCUT2D eigenvalue weighted by atomic mass is 10.3. The minimum Gasteiger partial charge on any atom is -0.352 e. The molecule has 1 N–H and O–H groups in total. The Morgan fingerprint density at radius 2 is 1.84 bits per heavy atom. The minimum atomic E-state index is -0.386. The highest BCUT2D eigenvalue weighted by atomic mass is 35.5. The van der Waals surface area contributed by atoms with Crippen molar-refractivity contribution in [2.45, 2.75) is 0 Å². The number of rotatable bonds is 4. The van der Waals surface area contributed by atoms with E-state index in [1.807, 2.05) is 4.90 Å². The molecule has 1 aromatic carbocycles. The Balaban J connectivity index is 1.64. The van der Waals surface area contributed by atoms with E-state index in [-0.39, 0.29) is 11.6 Å². The Morgan fingerprint density at radius 1 is 1.08 bits per heavy atom. The first-order valence-electron chi connectivity index (χ1n) is 7.59. The largest absolute Gasteiger partial charge is 0.352 e. The van der Waals surface area contributed by atoms with Crippen LogP contribution >= 0.6 is 23.2 Å². The summed E-state index contributed by atoms with van der Waals surface area (Å²) in [5.41, 5.74) is 0.719. The SMILES string of the molecule is O=CN1CCN(c2cnc(C(=O)Nc3ccc(Cl)c(Cl)c3)cn2)CC1. The van der Waals surface area contributed by atoms with Crippen molar-refractivity contribution < 1.29 is 9.59 Å². The molecule has 1 aliphatic heterocycles. The first-order chi connectivity index (χ1) is 12.1. The van der Waals surface area contributed by atoms with E-state index < -0.39 is 0 Å². The van der Waals surface area contributed by atoms with Crippen LogP contribution in [0.2, 0.25) is 10.0 Å². The van der Waals surface area contributed by atoms with Gasteiger partial charge in [-0.1, -0.05) is 23.2 Å². The van der Waals surface area contributed by atoms with Crippen LogP contribution in [-0.2, 0) is 4.79 Å². The average Bonchev–Trinajstić information content (AvgIpc) is 2.65. The lowest BCUT2D eigenvalue weighted by Crippen LogP contribution is -2.46. The summed E-state index contributed by atoms with van der Waals surface area (Å²) < 4.78 is 0. The van der Waals surface area contributed by atoms with Crippen LogP contribution in [0.4, 0.5) is 11.5 Å². The molecule has 2 amide bonds. The molecule has 2 heterocycles. The van der Waals surface area contributed by atoms with E-state index in [2.05, 4.69) is 15.3 Å². The van der Waals surface area contributed by atoms with Gasteiger partial charge in [-0.2, -0.15) is 0 Å². The minimum absolute atomic E-state index is 0.196. The molecule has 130 valence electrons. The predicted octanol–water partition coefficient (Wildman–Crippen LogP) is 2.31. The molecule has 0 aliphatic carbocycles. The molecule has 0 spiro atoms. The van der Waals surface area contributed by atoms with Crippen molar-refractivity contribution in [2.75, 3.05) is 36.4 Å². The number of hydrogen-bond acceptors (Lipinski definition) is 5. The molecule has 2 aromatic rings. The van der Waals surface area contributed by atoms with Gasteiger partial charge in [0.15, 0.2) is 0 Å². The van der Waals surface area contributed by atoms with Gasteiger partial charge < -0.3 is 15.1 Å². The third-order valence-corrected chi connectivity index (χ3v) is 4.57. The molecule has 1 fully saturated rings. The van der Waals surface area contributed by atoms with Crippen LogP contribution in [0.25, 0.3) is 0 Å². The van der Waals surface area contributed by atoms with E-state index in [0.29, 0.717) is 47.7 Å². The highest BCUT2D eigenvalue weighted by Crippen LogP contribution is 2.25. The number of nitrogens with one attached hydrogen (secondary N) is 1. The van der Waals surface area contributed by atoms with Crippen molar-refractivity contribution in [2.24, 2.45) is 0 Å². The van der Waals surface area contributed by atoms with Crippen molar-refractivity contribution in [3.8, 4) is 0 Å². The van der Waals surface area contributed by atoms with Crippen LogP contribution in [-0.4, -0.2) is 53.4 Å². The van der Waals surface area contributed by atoms with E-state index in [1.54, 1.807) is 29.3 Å². The van der Waals surface area contributed by atoms with E-state index >= 15 is 0 Å². The maximum atomic E-state index is 12.2. The van der Waals surface area contributed by atoms with Gasteiger partial charge in [-0.25, -0.2) is 9.97 Å². The second kappa shape index (κ2) is 7.67. The van der Waals surface area contributed by atoms with Crippen LogP contribution in [0.1, 0.15) is 10.5 Å². The Hall–Kier alpha value is -2.38. The van der Waals surface area contributed by atoms with Gasteiger partial charge >= 0.3 is 0 Å². The van der Waals surface area contributed by atoms with E-state index in [4.69, 9.17) is 23.2 Å². The number of amides is 2. The van der Waals surface area contributed by atoms with Gasteiger partial charge in [0.2, 0.25) is 6.41 Å². The molecule has 9 heteroatoms. The van der Waals surface area contributed by atoms with Crippen molar-refractivity contribution in [1.29, 1.82) is 0 Å². The molecule has 0 bridgehead atoms. The number of anilines is 2. The fourth-order valence-corrected chi connectivity index (χ4v) is 2.73. The van der Waals surface area contributed by atoms with Gasteiger partial charge in [0, 0.05) is 31.9 Å². The standard InChI is InChI=1S/C16H15Cl2N5O2/c17-12-2-1-11(7-13(12)18)21-16(25)14-8-20-15(9-19-14)23-5-3-22(10-24)4-6-23/h1-2,7-10H,3-6H2,(H,21,25). The Kier molecular flexibility index (Phi) is 5.35. The molecule has 0 radical (unpaired) electrons. The normalized spacial score (nSPS) is 14.3. The lowest BCUT2D eigenvalue weighted by Gasteiger charge is -2.33. The number of piperazine rings is 1. The fourth-order valence-electron chi connectivity index (χ4n) is 2.43. The van der Waals surface area contributed by atoms with Gasteiger partial charge in [-0.3, -0.25) is 9.59 Å². The molecule has 25 heavy (non-hydrogen) atoms. The monoisotopic (exact) mass is 379 g/mol. The maximum absolute atomic E-state index is 12.2. The number of carbonyl (C=O) groups excluding carboxylic acids is 2. The fraction of sp³-hybridized carbons (Fsp3) is 0.250. The average molecular weight is 380 g/mol. The van der Waals surface area contributed by atoms with Gasteiger partial charge in [0.1, 0.15) is 11.5 Å². The second-order valence-corrected chi connectivity index (χ2v) is 6.29. The molecule has 3 rings (SSSR count). The molecular weight excluding hydrogens is 365 g/mol. The number of benzene rings is 1. The van der Waals surface area contributed by atoms with Gasteiger partial charge in [-0.15, -0.1) is 0 Å². The summed E-state index contributed by atoms with van der Waals surface area (Å²) in [6.07, 6.45) is 3.83. The van der Waals surface area contributed by atoms with Crippen LogP contribution in [0.3, 0.4) is 0 Å². The molecule has 0 saturated carbocycles. The zero-order valence-electron chi connectivity index (χ0n) is 13.2. The van der Waals surface area contributed by atoms with E-state index in [9.17, 15) is 9.59 Å². The third kappa shape index (κ3) is 4.18. The summed E-state index contributed by atoms with van der Waals surface area (Å²) in [6, 6.07) is 4.82. The summed E-state index contributed by atoms with van der Waals surface area (Å²) in [5, 5.41) is 3.47. The molecular formula is C16H15Cl2N5O2. The van der Waals surface area contributed by atoms with E-state index in [1.165, 1.54) is 6.20 Å². The zero-order valence-corrected chi connectivity index (χ0v) is 14.7. The zero-order chi connectivity index (χ0) is 17.8. The van der Waals surface area contributed by atoms with E-state index in [0.717, 1.165) is 6.41 Å². The molecule has 1 aromatic heterocycles. The van der Waals surface area contributed by atoms with Crippen molar-refractivity contribution in [1.82, 2.24) is 14.9 Å². The van der Waals surface area contributed by atoms with Crippen molar-refractivity contribution >= 4 is 47.0 Å². The number of hydrogen-bond donors (Lipinski definition) is 1. The molecule has 0 atom stereocenters. The summed E-state index contributed by atoms with van der Waals surface area (Å²) in [7, 11) is 0. The Labute approximate surface area is 154 Å². The summed E-state index contributed by atoms with van der Waals surface area (Å²) >= 11 is 11.8. The highest BCUT2D eigenvalue weighted by molar-refractivity contribution is 6.42. The van der Waals surface area contributed by atoms with Crippen molar-refractivity contribution in [3.63, 3.8) is 0 Å². The Morgan fingerprint density at radius 3 is 2.44 bits per heavy atom. The summed E-state index contributed by atoms with van der Waals surface area (Å²) in [6.45, 7) is 2.65. The van der Waals surface area contributed by atoms with Gasteiger partial charge in [0.25, 0.3) is 5.91 Å². The first kappa shape index (κ1) is 17.4. The first-order valence-corrected chi connectivity index (χ1v) is 8.35.